The van der Waals surface area contributed by atoms with Crippen molar-refractivity contribution in [1.29, 1.82) is 0 Å². The summed E-state index contributed by atoms with van der Waals surface area (Å²) in [4.78, 5) is 0. The molecule has 5 heteroatoms. The molecule has 0 aromatic carbocycles. The van der Waals surface area contributed by atoms with Crippen molar-refractivity contribution < 1.29 is 18.1 Å². The minimum Gasteiger partial charge on any atom is -0.396 e. The minimum absolute atomic E-state index is 0.519. The fourth-order valence-corrected chi connectivity index (χ4v) is 1.67. The molecule has 1 aliphatic heterocycles. The zero-order chi connectivity index (χ0) is 7.78. The van der Waals surface area contributed by atoms with E-state index in [4.69, 9.17) is 9.05 Å². The van der Waals surface area contributed by atoms with E-state index in [-0.39, 0.29) is 0 Å². The highest BCUT2D eigenvalue weighted by Crippen LogP contribution is 2.57. The lowest BCUT2D eigenvalue weighted by Crippen LogP contribution is -1.83. The van der Waals surface area contributed by atoms with Gasteiger partial charge in [0, 0.05) is 7.11 Å². The minimum atomic E-state index is -3.24. The van der Waals surface area contributed by atoms with Crippen LogP contribution in [0.4, 0.5) is 0 Å². The van der Waals surface area contributed by atoms with Crippen LogP contribution in [0.25, 0.3) is 0 Å². The number of hydrogen-bond acceptors (Lipinski definition) is 4. The van der Waals surface area contributed by atoms with E-state index >= 15 is 0 Å². The summed E-state index contributed by atoms with van der Waals surface area (Å²) in [6.07, 6.45) is 0. The molecule has 0 atom stereocenters. The molecule has 58 valence electrons. The third-order valence-electron chi connectivity index (χ3n) is 1.22. The maximum Gasteiger partial charge on any atom is 0.586 e. The number of rotatable bonds is 1. The van der Waals surface area contributed by atoms with Gasteiger partial charge in [0.15, 0.2) is 0 Å². The zero-order valence-corrected chi connectivity index (χ0v) is 6.97. The van der Waals surface area contributed by atoms with E-state index in [0.29, 0.717) is 11.5 Å². The SMILES string of the molecule is COP1(=O)OC(C)=C(C)O1. The van der Waals surface area contributed by atoms with Crippen LogP contribution in [0.5, 0.6) is 0 Å². The summed E-state index contributed by atoms with van der Waals surface area (Å²) < 4.78 is 25.2. The molecule has 0 bridgehead atoms. The number of phosphoric ester groups is 1. The molecular weight excluding hydrogens is 155 g/mol. The average Bonchev–Trinajstić information content (AvgIpc) is 2.10. The first kappa shape index (κ1) is 7.63. The highest BCUT2D eigenvalue weighted by Gasteiger charge is 2.35. The van der Waals surface area contributed by atoms with E-state index in [2.05, 4.69) is 4.52 Å². The van der Waals surface area contributed by atoms with Gasteiger partial charge in [-0.1, -0.05) is 0 Å². The van der Waals surface area contributed by atoms with Crippen molar-refractivity contribution >= 4 is 7.82 Å². The van der Waals surface area contributed by atoms with Gasteiger partial charge in [0.2, 0.25) is 0 Å². The monoisotopic (exact) mass is 164 g/mol. The molecule has 0 unspecified atom stereocenters. The van der Waals surface area contributed by atoms with E-state index in [9.17, 15) is 4.57 Å². The van der Waals surface area contributed by atoms with Crippen molar-refractivity contribution in [2.75, 3.05) is 7.11 Å². The fourth-order valence-electron chi connectivity index (χ4n) is 0.557. The lowest BCUT2D eigenvalue weighted by Gasteiger charge is -2.05. The standard InChI is InChI=1S/C5H9O4P/c1-4-5(2)9-10(6,7-3)8-4/h1-3H3. The van der Waals surface area contributed by atoms with E-state index in [1.54, 1.807) is 13.8 Å². The number of phosphoric acid groups is 1. The van der Waals surface area contributed by atoms with Gasteiger partial charge in [-0.2, -0.15) is 0 Å². The second-order valence-electron chi connectivity index (χ2n) is 1.92. The van der Waals surface area contributed by atoms with Gasteiger partial charge in [-0.15, -0.1) is 0 Å². The molecule has 0 spiro atoms. The van der Waals surface area contributed by atoms with Gasteiger partial charge in [-0.3, -0.25) is 4.52 Å². The van der Waals surface area contributed by atoms with E-state index in [1.807, 2.05) is 0 Å². The van der Waals surface area contributed by atoms with E-state index < -0.39 is 7.82 Å². The fraction of sp³-hybridized carbons (Fsp3) is 0.600. The van der Waals surface area contributed by atoms with Gasteiger partial charge in [0.25, 0.3) is 0 Å². The Kier molecular flexibility index (Phi) is 1.75. The summed E-state index contributed by atoms with van der Waals surface area (Å²) in [5.41, 5.74) is 0. The third-order valence-corrected chi connectivity index (χ3v) is 2.66. The Morgan fingerprint density at radius 1 is 1.30 bits per heavy atom. The summed E-state index contributed by atoms with van der Waals surface area (Å²) in [5, 5.41) is 0. The van der Waals surface area contributed by atoms with Crippen LogP contribution in [-0.2, 0) is 18.1 Å². The normalized spacial score (nSPS) is 22.3. The van der Waals surface area contributed by atoms with Crippen LogP contribution in [0.1, 0.15) is 13.8 Å². The second kappa shape index (κ2) is 2.29. The molecule has 0 aromatic rings. The van der Waals surface area contributed by atoms with Gasteiger partial charge >= 0.3 is 7.82 Å². The maximum atomic E-state index is 11.1. The molecule has 4 nitrogen and oxygen atoms in total. The van der Waals surface area contributed by atoms with Gasteiger partial charge in [0.1, 0.15) is 11.5 Å². The Morgan fingerprint density at radius 2 is 1.70 bits per heavy atom. The summed E-state index contributed by atoms with van der Waals surface area (Å²) in [7, 11) is -1.95. The third kappa shape index (κ3) is 1.18. The van der Waals surface area contributed by atoms with Crippen LogP contribution in [-0.4, -0.2) is 7.11 Å². The lowest BCUT2D eigenvalue weighted by atomic mass is 10.5. The first-order chi connectivity index (χ1) is 4.57. The Labute approximate surface area is 59.4 Å². The highest BCUT2D eigenvalue weighted by molar-refractivity contribution is 7.49. The molecule has 1 heterocycles. The van der Waals surface area contributed by atoms with Gasteiger partial charge in [0.05, 0.1) is 0 Å². The Balaban J connectivity index is 2.76. The topological polar surface area (TPSA) is 44.8 Å². The van der Waals surface area contributed by atoms with Crippen molar-refractivity contribution in [3.05, 3.63) is 11.5 Å². The predicted molar refractivity (Wildman–Crippen MR) is 35.2 cm³/mol. The van der Waals surface area contributed by atoms with Gasteiger partial charge in [-0.05, 0) is 13.8 Å². The van der Waals surface area contributed by atoms with Crippen LogP contribution in [0, 0.1) is 0 Å². The van der Waals surface area contributed by atoms with Crippen LogP contribution < -0.4 is 0 Å². The average molecular weight is 164 g/mol. The molecule has 0 fully saturated rings. The van der Waals surface area contributed by atoms with E-state index in [1.165, 1.54) is 7.11 Å². The predicted octanol–water partition coefficient (Wildman–Crippen LogP) is 2.04. The Morgan fingerprint density at radius 3 is 1.90 bits per heavy atom. The summed E-state index contributed by atoms with van der Waals surface area (Å²) >= 11 is 0. The quantitative estimate of drug-likeness (QED) is 0.556. The highest BCUT2D eigenvalue weighted by atomic mass is 31.2. The summed E-state index contributed by atoms with van der Waals surface area (Å²) in [6.45, 7) is 3.35. The molecule has 10 heavy (non-hydrogen) atoms. The molecule has 0 saturated carbocycles. The Bertz CT molecular complexity index is 202. The second-order valence-corrected chi connectivity index (χ2v) is 3.55. The molecule has 0 radical (unpaired) electrons. The Hall–Kier alpha value is -0.470. The van der Waals surface area contributed by atoms with E-state index in [0.717, 1.165) is 0 Å². The number of allylic oxidation sites excluding steroid dienone is 2. The maximum absolute atomic E-state index is 11.1. The van der Waals surface area contributed by atoms with Crippen LogP contribution >= 0.6 is 7.82 Å². The zero-order valence-electron chi connectivity index (χ0n) is 6.08. The summed E-state index contributed by atoms with van der Waals surface area (Å²) in [5.74, 6) is 1.04. The van der Waals surface area contributed by atoms with Crippen LogP contribution in [0.15, 0.2) is 11.5 Å². The largest absolute Gasteiger partial charge is 0.586 e. The van der Waals surface area contributed by atoms with Crippen molar-refractivity contribution in [1.82, 2.24) is 0 Å². The molecule has 0 N–H and O–H groups in total. The van der Waals surface area contributed by atoms with Crippen molar-refractivity contribution in [3.8, 4) is 0 Å². The first-order valence-corrected chi connectivity index (χ1v) is 4.26. The van der Waals surface area contributed by atoms with Crippen molar-refractivity contribution in [3.63, 3.8) is 0 Å². The van der Waals surface area contributed by atoms with Gasteiger partial charge in [-0.25, -0.2) is 4.57 Å². The van der Waals surface area contributed by atoms with Crippen LogP contribution in [0.2, 0.25) is 0 Å². The summed E-state index contributed by atoms with van der Waals surface area (Å²) in [6, 6.07) is 0. The molecule has 0 aliphatic carbocycles. The number of hydrogen-bond donors (Lipinski definition) is 0. The first-order valence-electron chi connectivity index (χ1n) is 2.80. The van der Waals surface area contributed by atoms with Crippen molar-refractivity contribution in [2.24, 2.45) is 0 Å². The molecule has 1 aliphatic rings. The van der Waals surface area contributed by atoms with Crippen LogP contribution in [0.3, 0.4) is 0 Å². The molecular formula is C5H9O4P. The molecule has 1 rings (SSSR count). The lowest BCUT2D eigenvalue weighted by molar-refractivity contribution is 0.227. The van der Waals surface area contributed by atoms with Gasteiger partial charge < -0.3 is 9.05 Å². The molecule has 0 amide bonds. The molecule has 0 saturated heterocycles. The smallest absolute Gasteiger partial charge is 0.396 e. The molecule has 0 aromatic heterocycles. The van der Waals surface area contributed by atoms with Crippen molar-refractivity contribution in [2.45, 2.75) is 13.8 Å².